The number of piperidine rings is 2. The molecule has 3 saturated heterocycles. The number of nitrogens with zero attached hydrogens (tertiary/aromatic N) is 4. The van der Waals surface area contributed by atoms with Gasteiger partial charge in [-0.25, -0.2) is 4.98 Å². The molecule has 0 spiro atoms. The minimum absolute atomic E-state index is 0.0276. The van der Waals surface area contributed by atoms with Crippen molar-refractivity contribution >= 4 is 11.8 Å². The summed E-state index contributed by atoms with van der Waals surface area (Å²) < 4.78 is 5.49. The second kappa shape index (κ2) is 8.09. The molecule has 0 bridgehead atoms. The molecule has 29 heavy (non-hydrogen) atoms. The van der Waals surface area contributed by atoms with Crippen LogP contribution in [0.5, 0.6) is 0 Å². The molecule has 0 radical (unpaired) electrons. The van der Waals surface area contributed by atoms with Crippen molar-refractivity contribution in [1.82, 2.24) is 19.7 Å². The first-order chi connectivity index (χ1) is 14.2. The first-order valence-electron chi connectivity index (χ1n) is 11.5. The second-order valence-corrected chi connectivity index (χ2v) is 9.23. The van der Waals surface area contributed by atoms with Crippen molar-refractivity contribution in [1.29, 1.82) is 0 Å². The van der Waals surface area contributed by atoms with E-state index in [0.717, 1.165) is 96.4 Å². The first-order valence-corrected chi connectivity index (χ1v) is 11.5. The third-order valence-corrected chi connectivity index (χ3v) is 7.23. The molecule has 0 N–H and O–H groups in total. The predicted octanol–water partition coefficient (Wildman–Crippen LogP) is 2.49. The Morgan fingerprint density at radius 2 is 1.66 bits per heavy atom. The van der Waals surface area contributed by atoms with Crippen molar-refractivity contribution in [3.05, 3.63) is 17.8 Å². The third kappa shape index (κ3) is 3.93. The van der Waals surface area contributed by atoms with E-state index in [1.165, 1.54) is 6.39 Å². The van der Waals surface area contributed by atoms with Gasteiger partial charge >= 0.3 is 0 Å². The van der Waals surface area contributed by atoms with E-state index in [9.17, 15) is 9.59 Å². The van der Waals surface area contributed by atoms with Crippen LogP contribution < -0.4 is 0 Å². The molecule has 4 aliphatic rings. The number of aromatic nitrogens is 1. The zero-order chi connectivity index (χ0) is 19.8. The van der Waals surface area contributed by atoms with E-state index in [1.54, 1.807) is 0 Å². The number of rotatable bonds is 4. The second-order valence-electron chi connectivity index (χ2n) is 9.23. The number of hydrogen-bond acceptors (Lipinski definition) is 5. The summed E-state index contributed by atoms with van der Waals surface area (Å²) in [6.45, 7) is 5.39. The van der Waals surface area contributed by atoms with Gasteiger partial charge in [0.05, 0.1) is 5.92 Å². The van der Waals surface area contributed by atoms with Gasteiger partial charge in [0, 0.05) is 44.7 Å². The van der Waals surface area contributed by atoms with Crippen LogP contribution >= 0.6 is 0 Å². The molecular weight excluding hydrogens is 368 g/mol. The average molecular weight is 401 g/mol. The Kier molecular flexibility index (Phi) is 5.33. The lowest BCUT2D eigenvalue weighted by Crippen LogP contribution is -2.51. The van der Waals surface area contributed by atoms with Gasteiger partial charge in [0.1, 0.15) is 5.76 Å². The van der Waals surface area contributed by atoms with E-state index in [4.69, 9.17) is 4.42 Å². The van der Waals surface area contributed by atoms with Gasteiger partial charge in [-0.15, -0.1) is 0 Å². The van der Waals surface area contributed by atoms with Crippen molar-refractivity contribution < 1.29 is 14.0 Å². The summed E-state index contributed by atoms with van der Waals surface area (Å²) in [5.74, 6) is 1.75. The fraction of sp³-hybridized carbons (Fsp3) is 0.773. The fourth-order valence-corrected chi connectivity index (χ4v) is 5.37. The number of likely N-dealkylation sites (tertiary alicyclic amines) is 3. The molecule has 0 unspecified atom stereocenters. The highest BCUT2D eigenvalue weighted by Gasteiger charge is 2.37. The van der Waals surface area contributed by atoms with Gasteiger partial charge < -0.3 is 14.2 Å². The van der Waals surface area contributed by atoms with Crippen LogP contribution in [-0.4, -0.2) is 76.8 Å². The fourth-order valence-electron chi connectivity index (χ4n) is 5.37. The quantitative estimate of drug-likeness (QED) is 0.777. The summed E-state index contributed by atoms with van der Waals surface area (Å²) in [4.78, 5) is 36.5. The summed E-state index contributed by atoms with van der Waals surface area (Å²) in [6.07, 6.45) is 10.0. The van der Waals surface area contributed by atoms with Crippen LogP contribution in [0.2, 0.25) is 0 Å². The van der Waals surface area contributed by atoms with Crippen molar-refractivity contribution in [3.63, 3.8) is 0 Å². The Labute approximate surface area is 172 Å². The van der Waals surface area contributed by atoms with Crippen LogP contribution in [0.1, 0.15) is 73.5 Å². The number of hydrogen-bond donors (Lipinski definition) is 0. The molecule has 1 aromatic heterocycles. The number of oxazole rings is 1. The molecule has 1 saturated carbocycles. The van der Waals surface area contributed by atoms with Gasteiger partial charge in [-0.1, -0.05) is 0 Å². The van der Waals surface area contributed by atoms with Crippen LogP contribution in [-0.2, 0) is 4.79 Å². The summed E-state index contributed by atoms with van der Waals surface area (Å²) in [7, 11) is 0. The largest absolute Gasteiger partial charge is 0.447 e. The molecule has 4 fully saturated rings. The average Bonchev–Trinajstić information content (AvgIpc) is 3.26. The molecule has 2 amide bonds. The van der Waals surface area contributed by atoms with Crippen LogP contribution in [0.3, 0.4) is 0 Å². The molecule has 158 valence electrons. The van der Waals surface area contributed by atoms with E-state index in [2.05, 4.69) is 14.8 Å². The predicted molar refractivity (Wildman–Crippen MR) is 108 cm³/mol. The van der Waals surface area contributed by atoms with Gasteiger partial charge in [0.25, 0.3) is 5.91 Å². The maximum Gasteiger partial charge on any atom is 0.276 e. The molecule has 0 aromatic carbocycles. The van der Waals surface area contributed by atoms with E-state index in [-0.39, 0.29) is 11.8 Å². The molecule has 1 aliphatic carbocycles. The third-order valence-electron chi connectivity index (χ3n) is 7.23. The van der Waals surface area contributed by atoms with Crippen LogP contribution in [0, 0.1) is 5.92 Å². The topological polar surface area (TPSA) is 69.9 Å². The lowest BCUT2D eigenvalue weighted by Gasteiger charge is -2.42. The van der Waals surface area contributed by atoms with Crippen LogP contribution in [0.15, 0.2) is 10.8 Å². The minimum Gasteiger partial charge on any atom is -0.447 e. The zero-order valence-electron chi connectivity index (χ0n) is 17.2. The van der Waals surface area contributed by atoms with Crippen molar-refractivity contribution in [2.24, 2.45) is 5.92 Å². The van der Waals surface area contributed by atoms with E-state index in [0.29, 0.717) is 23.6 Å². The van der Waals surface area contributed by atoms with Crippen molar-refractivity contribution in [3.8, 4) is 0 Å². The maximum atomic E-state index is 12.9. The molecule has 7 heteroatoms. The summed E-state index contributed by atoms with van der Waals surface area (Å²) in [5.41, 5.74) is 0.528. The molecule has 3 aliphatic heterocycles. The zero-order valence-corrected chi connectivity index (χ0v) is 17.2. The highest BCUT2D eigenvalue weighted by Crippen LogP contribution is 2.41. The molecular formula is C22H32N4O3. The number of carbonyl (C=O) groups is 2. The lowest BCUT2D eigenvalue weighted by atomic mass is 9.93. The minimum atomic E-state index is 0.0276. The van der Waals surface area contributed by atoms with E-state index >= 15 is 0 Å². The van der Waals surface area contributed by atoms with E-state index in [1.807, 2.05) is 4.90 Å². The van der Waals surface area contributed by atoms with E-state index < -0.39 is 0 Å². The van der Waals surface area contributed by atoms with Gasteiger partial charge in [0.15, 0.2) is 12.1 Å². The number of amides is 2. The Bertz CT molecular complexity index is 745. The maximum absolute atomic E-state index is 12.9. The molecule has 5 rings (SSSR count). The smallest absolute Gasteiger partial charge is 0.276 e. The summed E-state index contributed by atoms with van der Waals surface area (Å²) >= 11 is 0. The Morgan fingerprint density at radius 3 is 2.38 bits per heavy atom. The van der Waals surface area contributed by atoms with Crippen molar-refractivity contribution in [2.75, 3.05) is 39.3 Å². The van der Waals surface area contributed by atoms with Crippen LogP contribution in [0.25, 0.3) is 0 Å². The lowest BCUT2D eigenvalue weighted by molar-refractivity contribution is -0.136. The Hall–Kier alpha value is -1.89. The van der Waals surface area contributed by atoms with Crippen LogP contribution in [0.4, 0.5) is 0 Å². The van der Waals surface area contributed by atoms with Gasteiger partial charge in [-0.2, -0.15) is 0 Å². The van der Waals surface area contributed by atoms with Gasteiger partial charge in [-0.3, -0.25) is 14.5 Å². The highest BCUT2D eigenvalue weighted by molar-refractivity contribution is 5.93. The van der Waals surface area contributed by atoms with Gasteiger partial charge in [-0.05, 0) is 57.9 Å². The Morgan fingerprint density at radius 1 is 0.897 bits per heavy atom. The summed E-state index contributed by atoms with van der Waals surface area (Å²) in [6, 6.07) is 0.480. The normalized spacial score (nSPS) is 26.8. The molecule has 1 atom stereocenters. The van der Waals surface area contributed by atoms with Crippen molar-refractivity contribution in [2.45, 2.75) is 63.3 Å². The monoisotopic (exact) mass is 400 g/mol. The molecule has 4 heterocycles. The molecule has 1 aromatic rings. The Balaban J connectivity index is 1.15. The highest BCUT2D eigenvalue weighted by atomic mass is 16.3. The molecule has 7 nitrogen and oxygen atoms in total. The number of carbonyl (C=O) groups excluding carboxylic acids is 2. The van der Waals surface area contributed by atoms with Gasteiger partial charge in [0.2, 0.25) is 5.91 Å². The summed E-state index contributed by atoms with van der Waals surface area (Å²) in [5, 5.41) is 0. The SMILES string of the molecule is O=C(c1ncoc1C1CC1)N1CCC(N2CCC[C@@H](C(=O)N3CCCC3)C2)CC1. The standard InChI is InChI=1S/C22H32N4O3/c27-21(24-9-1-2-10-24)17-4-3-11-26(14-17)18-7-12-25(13-8-18)22(28)19-20(16-5-6-16)29-15-23-19/h15-18H,1-14H2/t17-/m1/s1. The first kappa shape index (κ1) is 19.1.